The number of nitriles is 1. The summed E-state index contributed by atoms with van der Waals surface area (Å²) in [4.78, 5) is 12.2. The third-order valence-electron chi connectivity index (χ3n) is 2.98. The molecule has 0 fully saturated rings. The number of rotatable bonds is 5. The van der Waals surface area contributed by atoms with E-state index in [1.54, 1.807) is 32.0 Å². The Kier molecular flexibility index (Phi) is 5.65. The largest absolute Gasteiger partial charge is 0.465 e. The van der Waals surface area contributed by atoms with E-state index < -0.39 is 11.4 Å². The van der Waals surface area contributed by atoms with Crippen LogP contribution in [0.4, 0.5) is 0 Å². The van der Waals surface area contributed by atoms with Crippen LogP contribution in [-0.4, -0.2) is 12.6 Å². The van der Waals surface area contributed by atoms with Crippen LogP contribution in [0.3, 0.4) is 0 Å². The summed E-state index contributed by atoms with van der Waals surface area (Å²) < 4.78 is 5.10. The summed E-state index contributed by atoms with van der Waals surface area (Å²) >= 11 is 12.3. The van der Waals surface area contributed by atoms with E-state index in [2.05, 4.69) is 0 Å². The molecule has 0 amide bonds. The molecule has 0 N–H and O–H groups in total. The average molecular weight is 300 g/mol. The molecule has 1 rings (SSSR count). The predicted molar refractivity (Wildman–Crippen MR) is 75.3 cm³/mol. The minimum Gasteiger partial charge on any atom is -0.465 e. The molecule has 0 aliphatic carbocycles. The summed E-state index contributed by atoms with van der Waals surface area (Å²) in [6.45, 7) is 3.70. The van der Waals surface area contributed by atoms with Crippen LogP contribution in [0.1, 0.15) is 32.3 Å². The van der Waals surface area contributed by atoms with E-state index in [1.165, 1.54) is 0 Å². The van der Waals surface area contributed by atoms with Crippen molar-refractivity contribution in [3.63, 3.8) is 0 Å². The molecule has 0 radical (unpaired) electrons. The Morgan fingerprint density at radius 3 is 2.47 bits per heavy atom. The van der Waals surface area contributed by atoms with Crippen LogP contribution in [0, 0.1) is 11.3 Å². The first-order valence-corrected chi connectivity index (χ1v) is 6.71. The topological polar surface area (TPSA) is 50.1 Å². The van der Waals surface area contributed by atoms with Crippen LogP contribution in [0.2, 0.25) is 10.0 Å². The smallest absolute Gasteiger partial charge is 0.316 e. The van der Waals surface area contributed by atoms with Gasteiger partial charge in [0.1, 0.15) is 0 Å². The molecule has 0 aliphatic heterocycles. The highest BCUT2D eigenvalue weighted by atomic mass is 35.5. The molecular formula is C14H15Cl2NO2. The zero-order valence-corrected chi connectivity index (χ0v) is 12.4. The van der Waals surface area contributed by atoms with Gasteiger partial charge in [-0.3, -0.25) is 4.79 Å². The third kappa shape index (κ3) is 3.40. The molecule has 0 spiro atoms. The molecule has 0 aliphatic rings. The van der Waals surface area contributed by atoms with Crippen molar-refractivity contribution in [2.24, 2.45) is 0 Å². The Morgan fingerprint density at radius 2 is 2.00 bits per heavy atom. The van der Waals surface area contributed by atoms with Gasteiger partial charge in [0.25, 0.3) is 0 Å². The van der Waals surface area contributed by atoms with Crippen molar-refractivity contribution in [3.8, 4) is 6.07 Å². The second-order valence-corrected chi connectivity index (χ2v) is 5.12. The van der Waals surface area contributed by atoms with Crippen molar-refractivity contribution in [1.82, 2.24) is 0 Å². The van der Waals surface area contributed by atoms with Crippen LogP contribution in [-0.2, 0) is 14.9 Å². The van der Waals surface area contributed by atoms with Crippen molar-refractivity contribution in [2.45, 2.75) is 32.1 Å². The summed E-state index contributed by atoms with van der Waals surface area (Å²) in [7, 11) is 0. The van der Waals surface area contributed by atoms with Crippen molar-refractivity contribution in [2.75, 3.05) is 6.61 Å². The van der Waals surface area contributed by atoms with Gasteiger partial charge in [-0.1, -0.05) is 29.3 Å². The van der Waals surface area contributed by atoms with E-state index >= 15 is 0 Å². The summed E-state index contributed by atoms with van der Waals surface area (Å²) in [6, 6.07) is 7.09. The highest BCUT2D eigenvalue weighted by Crippen LogP contribution is 2.39. The number of ether oxygens (including phenoxy) is 1. The lowest BCUT2D eigenvalue weighted by Crippen LogP contribution is -2.35. The summed E-state index contributed by atoms with van der Waals surface area (Å²) in [5.41, 5.74) is -0.492. The maximum atomic E-state index is 12.2. The molecule has 1 aromatic rings. The Balaban J connectivity index is 3.31. The summed E-state index contributed by atoms with van der Waals surface area (Å²) in [6.07, 6.45) is 0.530. The highest BCUT2D eigenvalue weighted by Gasteiger charge is 2.39. The van der Waals surface area contributed by atoms with Crippen LogP contribution < -0.4 is 0 Å². The summed E-state index contributed by atoms with van der Waals surface area (Å²) in [5, 5.41) is 9.57. The Labute approximate surface area is 123 Å². The molecule has 102 valence electrons. The Morgan fingerprint density at radius 1 is 1.42 bits per heavy atom. The molecule has 1 unspecified atom stereocenters. The fourth-order valence-electron chi connectivity index (χ4n) is 1.95. The van der Waals surface area contributed by atoms with E-state index in [1.807, 2.05) is 6.07 Å². The van der Waals surface area contributed by atoms with Crippen molar-refractivity contribution in [1.29, 1.82) is 5.26 Å². The van der Waals surface area contributed by atoms with Gasteiger partial charge in [-0.05, 0) is 32.4 Å². The SMILES string of the molecule is CCOC(=O)C(C)(CCC#N)c1c(Cl)cccc1Cl. The molecule has 0 aromatic heterocycles. The van der Waals surface area contributed by atoms with Gasteiger partial charge in [-0.25, -0.2) is 0 Å². The number of hydrogen-bond donors (Lipinski definition) is 0. The molecule has 0 bridgehead atoms. The number of carbonyl (C=O) groups is 1. The van der Waals surface area contributed by atoms with Gasteiger partial charge in [0.2, 0.25) is 0 Å². The second-order valence-electron chi connectivity index (χ2n) is 4.31. The second kappa shape index (κ2) is 6.79. The van der Waals surface area contributed by atoms with E-state index in [-0.39, 0.29) is 13.0 Å². The maximum Gasteiger partial charge on any atom is 0.316 e. The van der Waals surface area contributed by atoms with Crippen molar-refractivity contribution in [3.05, 3.63) is 33.8 Å². The lowest BCUT2D eigenvalue weighted by atomic mass is 9.78. The predicted octanol–water partition coefficient (Wildman–Crippen LogP) is 4.12. The van der Waals surface area contributed by atoms with Crippen molar-refractivity contribution < 1.29 is 9.53 Å². The first kappa shape index (κ1) is 15.8. The lowest BCUT2D eigenvalue weighted by molar-refractivity contribution is -0.149. The minimum atomic E-state index is -1.01. The Bertz CT molecular complexity index is 490. The van der Waals surface area contributed by atoms with E-state index in [4.69, 9.17) is 33.2 Å². The molecule has 1 atom stereocenters. The quantitative estimate of drug-likeness (QED) is 0.769. The molecule has 0 saturated heterocycles. The van der Waals surface area contributed by atoms with Gasteiger partial charge in [0, 0.05) is 22.0 Å². The van der Waals surface area contributed by atoms with Gasteiger partial charge in [0.05, 0.1) is 18.1 Å². The van der Waals surface area contributed by atoms with Gasteiger partial charge in [0.15, 0.2) is 0 Å². The molecule has 1 aromatic carbocycles. The molecule has 5 heteroatoms. The minimum absolute atomic E-state index is 0.219. The van der Waals surface area contributed by atoms with Crippen molar-refractivity contribution >= 4 is 29.2 Å². The summed E-state index contributed by atoms with van der Waals surface area (Å²) in [5.74, 6) is -0.416. The number of benzene rings is 1. The fraction of sp³-hybridized carbons (Fsp3) is 0.429. The van der Waals surface area contributed by atoms with E-state index in [0.717, 1.165) is 0 Å². The number of nitrogens with zero attached hydrogens (tertiary/aromatic N) is 1. The van der Waals surface area contributed by atoms with Crippen LogP contribution >= 0.6 is 23.2 Å². The highest BCUT2D eigenvalue weighted by molar-refractivity contribution is 6.36. The first-order chi connectivity index (χ1) is 8.97. The fourth-order valence-corrected chi connectivity index (χ4v) is 2.76. The number of esters is 1. The number of carbonyl (C=O) groups excluding carboxylic acids is 1. The maximum absolute atomic E-state index is 12.2. The number of hydrogen-bond acceptors (Lipinski definition) is 3. The molecule has 19 heavy (non-hydrogen) atoms. The zero-order chi connectivity index (χ0) is 14.5. The van der Waals surface area contributed by atoms with Gasteiger partial charge in [-0.2, -0.15) is 5.26 Å². The zero-order valence-electron chi connectivity index (χ0n) is 10.9. The lowest BCUT2D eigenvalue weighted by Gasteiger charge is -2.28. The van der Waals surface area contributed by atoms with Crippen LogP contribution in [0.25, 0.3) is 0 Å². The monoisotopic (exact) mass is 299 g/mol. The molecule has 0 saturated carbocycles. The molecule has 0 heterocycles. The van der Waals surface area contributed by atoms with Crippen LogP contribution in [0.15, 0.2) is 18.2 Å². The average Bonchev–Trinajstić information content (AvgIpc) is 2.36. The van der Waals surface area contributed by atoms with Crippen LogP contribution in [0.5, 0.6) is 0 Å². The third-order valence-corrected chi connectivity index (χ3v) is 3.61. The van der Waals surface area contributed by atoms with Gasteiger partial charge >= 0.3 is 5.97 Å². The van der Waals surface area contributed by atoms with E-state index in [9.17, 15) is 4.79 Å². The Hall–Kier alpha value is -1.24. The van der Waals surface area contributed by atoms with Gasteiger partial charge in [-0.15, -0.1) is 0 Å². The first-order valence-electron chi connectivity index (χ1n) is 5.96. The van der Waals surface area contributed by atoms with Gasteiger partial charge < -0.3 is 4.74 Å². The standard InChI is InChI=1S/C14H15Cl2NO2/c1-3-19-13(18)14(2,8-5-9-17)12-10(15)6-4-7-11(12)16/h4,6-7H,3,5,8H2,1-2H3. The number of halogens is 2. The van der Waals surface area contributed by atoms with E-state index in [0.29, 0.717) is 22.0 Å². The normalized spacial score (nSPS) is 13.4. The molecular weight excluding hydrogens is 285 g/mol. The molecule has 3 nitrogen and oxygen atoms in total.